The predicted octanol–water partition coefficient (Wildman–Crippen LogP) is 0.948. The van der Waals surface area contributed by atoms with Gasteiger partial charge in [-0.05, 0) is 33.1 Å². The molecule has 1 heterocycles. The number of carbonyl (C=O) groups is 1. The highest BCUT2D eigenvalue weighted by molar-refractivity contribution is 7.99. The minimum Gasteiger partial charge on any atom is -0.338 e. The molecule has 1 N–H and O–H groups in total. The van der Waals surface area contributed by atoms with E-state index >= 15 is 0 Å². The molecule has 0 saturated carbocycles. The van der Waals surface area contributed by atoms with Gasteiger partial charge < -0.3 is 10.2 Å². The molecule has 4 heteroatoms. The second kappa shape index (κ2) is 5.61. The van der Waals surface area contributed by atoms with Crippen LogP contribution >= 0.6 is 11.8 Å². The largest absolute Gasteiger partial charge is 0.338 e. The molecule has 3 nitrogen and oxygen atoms in total. The molecule has 0 aromatic carbocycles. The number of likely N-dealkylation sites (N-methyl/N-ethyl adjacent to an activating group) is 1. The highest BCUT2D eigenvalue weighted by Gasteiger charge is 2.24. The van der Waals surface area contributed by atoms with Crippen LogP contribution in [0.15, 0.2) is 0 Å². The number of hydrogen-bond acceptors (Lipinski definition) is 3. The van der Waals surface area contributed by atoms with Crippen LogP contribution in [0, 0.1) is 0 Å². The van der Waals surface area contributed by atoms with Gasteiger partial charge in [0, 0.05) is 18.3 Å². The molecule has 1 fully saturated rings. The van der Waals surface area contributed by atoms with Crippen LogP contribution in [0.4, 0.5) is 0 Å². The first-order valence-corrected chi connectivity index (χ1v) is 6.37. The number of nitrogens with one attached hydrogen (secondary N) is 1. The maximum Gasteiger partial charge on any atom is 0.239 e. The Hall–Kier alpha value is -0.220. The van der Waals surface area contributed by atoms with Crippen molar-refractivity contribution >= 4 is 17.7 Å². The van der Waals surface area contributed by atoms with Gasteiger partial charge in [0.2, 0.25) is 5.91 Å². The normalized spacial score (nSPS) is 25.6. The summed E-state index contributed by atoms with van der Waals surface area (Å²) in [5, 5.41) is 3.00. The zero-order valence-electron chi connectivity index (χ0n) is 9.25. The fourth-order valence-corrected chi connectivity index (χ4v) is 2.63. The summed E-state index contributed by atoms with van der Waals surface area (Å²) in [5.41, 5.74) is 0. The molecule has 82 valence electrons. The van der Waals surface area contributed by atoms with Crippen LogP contribution in [0.2, 0.25) is 0 Å². The molecule has 0 spiro atoms. The van der Waals surface area contributed by atoms with E-state index in [0.29, 0.717) is 6.04 Å². The van der Waals surface area contributed by atoms with Gasteiger partial charge >= 0.3 is 0 Å². The summed E-state index contributed by atoms with van der Waals surface area (Å²) in [6.07, 6.45) is 1.12. The Bertz CT molecular complexity index is 199. The van der Waals surface area contributed by atoms with Crippen molar-refractivity contribution in [2.45, 2.75) is 32.4 Å². The predicted molar refractivity (Wildman–Crippen MR) is 61.6 cm³/mol. The van der Waals surface area contributed by atoms with E-state index in [-0.39, 0.29) is 11.9 Å². The highest BCUT2D eigenvalue weighted by atomic mass is 32.2. The molecule has 1 amide bonds. The van der Waals surface area contributed by atoms with Gasteiger partial charge in [-0.25, -0.2) is 0 Å². The molecule has 1 saturated heterocycles. The average Bonchev–Trinajstić information content (AvgIpc) is 2.40. The van der Waals surface area contributed by atoms with Crippen molar-refractivity contribution in [3.63, 3.8) is 0 Å². The summed E-state index contributed by atoms with van der Waals surface area (Å²) in [7, 11) is 1.83. The van der Waals surface area contributed by atoms with Crippen LogP contribution < -0.4 is 5.32 Å². The third-order valence-electron chi connectivity index (χ3n) is 2.78. The van der Waals surface area contributed by atoms with E-state index in [2.05, 4.69) is 12.2 Å². The second-order valence-electron chi connectivity index (χ2n) is 3.79. The lowest BCUT2D eigenvalue weighted by molar-refractivity contribution is -0.134. The zero-order chi connectivity index (χ0) is 10.6. The monoisotopic (exact) mass is 216 g/mol. The van der Waals surface area contributed by atoms with Gasteiger partial charge in [-0.3, -0.25) is 4.79 Å². The van der Waals surface area contributed by atoms with Gasteiger partial charge in [-0.2, -0.15) is 11.8 Å². The molecule has 0 radical (unpaired) electrons. The smallest absolute Gasteiger partial charge is 0.239 e. The molecule has 14 heavy (non-hydrogen) atoms. The number of nitrogens with zero attached hydrogens (tertiary/aromatic N) is 1. The van der Waals surface area contributed by atoms with Crippen LogP contribution in [0.25, 0.3) is 0 Å². The Morgan fingerprint density at radius 1 is 1.57 bits per heavy atom. The zero-order valence-corrected chi connectivity index (χ0v) is 10.1. The van der Waals surface area contributed by atoms with Crippen molar-refractivity contribution in [3.05, 3.63) is 0 Å². The van der Waals surface area contributed by atoms with Crippen LogP contribution in [0.5, 0.6) is 0 Å². The van der Waals surface area contributed by atoms with Crippen molar-refractivity contribution in [1.29, 1.82) is 0 Å². The minimum absolute atomic E-state index is 0.0550. The lowest BCUT2D eigenvalue weighted by Gasteiger charge is -2.29. The number of amides is 1. The molecule has 0 aliphatic carbocycles. The maximum atomic E-state index is 11.9. The molecule has 1 aliphatic rings. The first-order valence-electron chi connectivity index (χ1n) is 5.22. The Balaban J connectivity index is 2.58. The second-order valence-corrected chi connectivity index (χ2v) is 5.02. The van der Waals surface area contributed by atoms with Crippen LogP contribution in [-0.2, 0) is 4.79 Å². The van der Waals surface area contributed by atoms with E-state index in [4.69, 9.17) is 0 Å². The third kappa shape index (κ3) is 2.89. The Morgan fingerprint density at radius 3 is 2.93 bits per heavy atom. The lowest BCUT2D eigenvalue weighted by Crippen LogP contribution is -2.47. The van der Waals surface area contributed by atoms with Crippen molar-refractivity contribution in [3.8, 4) is 0 Å². The molecule has 0 bridgehead atoms. The highest BCUT2D eigenvalue weighted by Crippen LogP contribution is 2.16. The van der Waals surface area contributed by atoms with Gasteiger partial charge in [0.1, 0.15) is 0 Å². The molecule has 0 aromatic rings. The van der Waals surface area contributed by atoms with Crippen molar-refractivity contribution < 1.29 is 4.79 Å². The van der Waals surface area contributed by atoms with E-state index < -0.39 is 0 Å². The number of carbonyl (C=O) groups excluding carboxylic acids is 1. The molecule has 1 aliphatic heterocycles. The standard InChI is InChI=1S/C10H20N2OS/c1-8-4-6-14-7-5-12(8)10(13)9(2)11-3/h8-9,11H,4-7H2,1-3H3. The number of rotatable bonds is 2. The van der Waals surface area contributed by atoms with E-state index in [9.17, 15) is 4.79 Å². The number of hydrogen-bond donors (Lipinski definition) is 1. The molecule has 1 rings (SSSR count). The topological polar surface area (TPSA) is 32.3 Å². The van der Waals surface area contributed by atoms with Crippen molar-refractivity contribution in [1.82, 2.24) is 10.2 Å². The summed E-state index contributed by atoms with van der Waals surface area (Å²) >= 11 is 1.95. The minimum atomic E-state index is -0.0550. The summed E-state index contributed by atoms with van der Waals surface area (Å²) < 4.78 is 0. The Kier molecular flexibility index (Phi) is 4.75. The summed E-state index contributed by atoms with van der Waals surface area (Å²) in [5.74, 6) is 2.49. The van der Waals surface area contributed by atoms with Gasteiger partial charge in [-0.1, -0.05) is 0 Å². The summed E-state index contributed by atoms with van der Waals surface area (Å²) in [6.45, 7) is 4.97. The lowest BCUT2D eigenvalue weighted by atomic mass is 10.2. The fourth-order valence-electron chi connectivity index (χ4n) is 1.59. The SMILES string of the molecule is CNC(C)C(=O)N1CCSCCC1C. The Labute approximate surface area is 90.6 Å². The first-order chi connectivity index (χ1) is 6.66. The van der Waals surface area contributed by atoms with Crippen LogP contribution in [0.3, 0.4) is 0 Å². The quantitative estimate of drug-likeness (QED) is 0.746. The summed E-state index contributed by atoms with van der Waals surface area (Å²) in [6, 6.07) is 0.342. The first kappa shape index (κ1) is 11.9. The van der Waals surface area contributed by atoms with E-state index in [0.717, 1.165) is 18.7 Å². The van der Waals surface area contributed by atoms with E-state index in [1.807, 2.05) is 30.6 Å². The van der Waals surface area contributed by atoms with E-state index in [1.165, 1.54) is 5.75 Å². The third-order valence-corrected chi connectivity index (χ3v) is 3.77. The maximum absolute atomic E-state index is 11.9. The van der Waals surface area contributed by atoms with Crippen molar-refractivity contribution in [2.24, 2.45) is 0 Å². The van der Waals surface area contributed by atoms with Gasteiger partial charge in [-0.15, -0.1) is 0 Å². The summed E-state index contributed by atoms with van der Waals surface area (Å²) in [4.78, 5) is 14.0. The molecule has 2 atom stereocenters. The molecule has 0 aromatic heterocycles. The Morgan fingerprint density at radius 2 is 2.29 bits per heavy atom. The van der Waals surface area contributed by atoms with Gasteiger partial charge in [0.25, 0.3) is 0 Å². The van der Waals surface area contributed by atoms with Gasteiger partial charge in [0.15, 0.2) is 0 Å². The van der Waals surface area contributed by atoms with Gasteiger partial charge in [0.05, 0.1) is 6.04 Å². The fraction of sp³-hybridized carbons (Fsp3) is 0.900. The van der Waals surface area contributed by atoms with Crippen molar-refractivity contribution in [2.75, 3.05) is 25.1 Å². The van der Waals surface area contributed by atoms with Crippen LogP contribution in [0.1, 0.15) is 20.3 Å². The van der Waals surface area contributed by atoms with Crippen LogP contribution in [-0.4, -0.2) is 48.0 Å². The molecule has 2 unspecified atom stereocenters. The van der Waals surface area contributed by atoms with E-state index in [1.54, 1.807) is 0 Å². The molecular weight excluding hydrogens is 196 g/mol. The molecular formula is C10H20N2OS. The number of thioether (sulfide) groups is 1. The average molecular weight is 216 g/mol.